The first-order valence-electron chi connectivity index (χ1n) is 26.2. The van der Waals surface area contributed by atoms with E-state index in [-0.39, 0.29) is 61.0 Å². The summed E-state index contributed by atoms with van der Waals surface area (Å²) in [5.41, 5.74) is -6.21. The minimum absolute atomic E-state index is 0. The maximum absolute atomic E-state index is 14.0. The van der Waals surface area contributed by atoms with Gasteiger partial charge in [-0.15, -0.1) is 0 Å². The summed E-state index contributed by atoms with van der Waals surface area (Å²) in [6.45, 7) is 9.90. The summed E-state index contributed by atoms with van der Waals surface area (Å²) >= 11 is 0. The van der Waals surface area contributed by atoms with Crippen LogP contribution >= 0.6 is 0 Å². The van der Waals surface area contributed by atoms with Crippen LogP contribution in [0.4, 0.5) is 39.5 Å². The van der Waals surface area contributed by atoms with Gasteiger partial charge in [0.15, 0.2) is 18.2 Å². The number of alkyl halides is 9. The third-order valence-electron chi connectivity index (χ3n) is 19.4. The lowest BCUT2D eigenvalue weighted by Crippen LogP contribution is -2.62. The molecule has 19 heteroatoms. The van der Waals surface area contributed by atoms with Crippen molar-refractivity contribution in [1.29, 1.82) is 0 Å². The quantitative estimate of drug-likeness (QED) is 0.109. The zero-order chi connectivity index (χ0) is 50.5. The SMILES string of the molecule is C.C.C.C.CC(CC1CC2CC1C1C3CCC(C3)C21)(OC1CCCCO1)C(F)(F)F.CO[Si](C)(C)OC.CO[Si](C)(C)OC.FC(F)(F)C(CC1CC2CC1C1C3CCC(C3)C21)(OC1CCCCO1)C(F)(F)F. The number of halogens is 9. The summed E-state index contributed by atoms with van der Waals surface area (Å²) in [6.07, 6.45) is -3.88. The molecule has 0 aromatic heterocycles. The number of ether oxygens (including phenoxy) is 4. The number of hydrogen-bond acceptors (Lipinski definition) is 8. The fourth-order valence-electron chi connectivity index (χ4n) is 15.8. The largest absolute Gasteiger partial charge is 0.426 e. The molecule has 2 heterocycles. The maximum atomic E-state index is 14.0. The Hall–Kier alpha value is -0.516. The van der Waals surface area contributed by atoms with Crippen molar-refractivity contribution >= 4 is 17.1 Å². The van der Waals surface area contributed by atoms with Crippen LogP contribution < -0.4 is 0 Å². The van der Waals surface area contributed by atoms with E-state index in [1.165, 1.54) is 39.0 Å². The lowest BCUT2D eigenvalue weighted by molar-refractivity contribution is -0.416. The van der Waals surface area contributed by atoms with Crippen molar-refractivity contribution in [1.82, 2.24) is 0 Å². The summed E-state index contributed by atoms with van der Waals surface area (Å²) in [4.78, 5) is 0. The van der Waals surface area contributed by atoms with Gasteiger partial charge in [-0.05, 0) is 232 Å². The van der Waals surface area contributed by atoms with Gasteiger partial charge in [-0.25, -0.2) is 0 Å². The summed E-state index contributed by atoms with van der Waals surface area (Å²) in [6, 6.07) is 0. The molecule has 2 saturated heterocycles. The molecular weight excluding hydrogens is 1000 g/mol. The molecule has 10 rings (SSSR count). The standard InChI is InChI=1S/C21H28F6O2.C21H31F3O2.2C4H12O2Si.4CH4/c22-20(23,24)19(21(25,26)27,29-16-3-1-2-6-28-16)10-14-8-13-9-15(14)18-12-5-4-11(7-12)17(13)18;1-20(21(22,23)24,26-17-4-2-3-7-25-17)11-15-9-14-10-16(15)19-13-6-5-12(8-13)18(14)19;2*1-5-7(3,4)6-2;;;;/h11-18H,1-10H2;12-19H,2-11H2,1H3;2*1-4H3;4*1H4. The topological polar surface area (TPSA) is 73.8 Å². The summed E-state index contributed by atoms with van der Waals surface area (Å²) < 4.78 is 167. The highest BCUT2D eigenvalue weighted by Crippen LogP contribution is 2.71. The molecule has 10 fully saturated rings. The van der Waals surface area contributed by atoms with E-state index >= 15 is 0 Å². The highest BCUT2D eigenvalue weighted by atomic mass is 28.4. The van der Waals surface area contributed by atoms with E-state index in [0.29, 0.717) is 73.7 Å². The van der Waals surface area contributed by atoms with E-state index in [4.69, 9.17) is 36.7 Å². The van der Waals surface area contributed by atoms with Gasteiger partial charge in [0.05, 0.1) is 0 Å². The molecule has 8 nitrogen and oxygen atoms in total. The molecule has 0 radical (unpaired) electrons. The summed E-state index contributed by atoms with van der Waals surface area (Å²) in [7, 11) is 3.40. The summed E-state index contributed by atoms with van der Waals surface area (Å²) in [5, 5.41) is 0. The molecule has 8 saturated carbocycles. The number of rotatable bonds is 12. The van der Waals surface area contributed by atoms with Crippen molar-refractivity contribution in [2.75, 3.05) is 41.7 Å². The van der Waals surface area contributed by atoms with Crippen molar-refractivity contribution < 1.29 is 76.2 Å². The number of fused-ring (bicyclic) bond motifs is 18. The highest BCUT2D eigenvalue weighted by Gasteiger charge is 2.75. The first-order valence-corrected chi connectivity index (χ1v) is 31.8. The molecule has 10 aliphatic rings. The first kappa shape index (κ1) is 66.8. The van der Waals surface area contributed by atoms with Crippen LogP contribution in [0.5, 0.6) is 0 Å². The van der Waals surface area contributed by atoms with Gasteiger partial charge in [0.25, 0.3) is 5.60 Å². The Labute approximate surface area is 437 Å². The van der Waals surface area contributed by atoms with E-state index in [9.17, 15) is 39.5 Å². The van der Waals surface area contributed by atoms with E-state index in [1.54, 1.807) is 28.4 Å². The second-order valence-corrected chi connectivity index (χ2v) is 30.9. The fourth-order valence-corrected chi connectivity index (χ4v) is 16.2. The molecule has 0 aromatic rings. The van der Waals surface area contributed by atoms with Gasteiger partial charge in [-0.2, -0.15) is 39.5 Å². The molecule has 2 aliphatic heterocycles. The van der Waals surface area contributed by atoms with Crippen LogP contribution in [0.15, 0.2) is 0 Å². The van der Waals surface area contributed by atoms with Gasteiger partial charge in [0.1, 0.15) is 0 Å². The van der Waals surface area contributed by atoms with Crippen molar-refractivity contribution in [3.63, 3.8) is 0 Å². The molecule has 0 amide bonds. The van der Waals surface area contributed by atoms with Gasteiger partial charge in [-0.3, -0.25) is 0 Å². The third-order valence-corrected chi connectivity index (χ3v) is 23.4. The summed E-state index contributed by atoms with van der Waals surface area (Å²) in [5.74, 6) is 6.40. The van der Waals surface area contributed by atoms with Crippen LogP contribution in [0.25, 0.3) is 0 Å². The molecule has 8 aliphatic carbocycles. The van der Waals surface area contributed by atoms with Crippen LogP contribution in [0.3, 0.4) is 0 Å². The predicted octanol–water partition coefficient (Wildman–Crippen LogP) is 16.2. The Bertz CT molecular complexity index is 1620. The molecule has 0 N–H and O–H groups in total. The van der Waals surface area contributed by atoms with Crippen molar-refractivity contribution in [2.45, 2.75) is 221 Å². The van der Waals surface area contributed by atoms with Crippen molar-refractivity contribution in [3.8, 4) is 0 Å². The predicted molar refractivity (Wildman–Crippen MR) is 273 cm³/mol. The van der Waals surface area contributed by atoms with E-state index < -0.39 is 71.8 Å². The zero-order valence-corrected chi connectivity index (χ0v) is 44.5. The first-order chi connectivity index (χ1) is 32.2. The van der Waals surface area contributed by atoms with Crippen LogP contribution in [-0.2, 0) is 36.7 Å². The second kappa shape index (κ2) is 25.7. The smallest absolute Gasteiger partial charge is 0.398 e. The Kier molecular flexibility index (Phi) is 23.5. The molecule has 17 atom stereocenters. The normalized spacial score (nSPS) is 37.6. The van der Waals surface area contributed by atoms with Crippen molar-refractivity contribution in [2.24, 2.45) is 82.9 Å². The Morgan fingerprint density at radius 1 is 0.425 bits per heavy atom. The van der Waals surface area contributed by atoms with E-state index in [2.05, 4.69) is 0 Å². The van der Waals surface area contributed by atoms with Crippen LogP contribution in [0.2, 0.25) is 26.2 Å². The Morgan fingerprint density at radius 2 is 0.781 bits per heavy atom. The van der Waals surface area contributed by atoms with Crippen molar-refractivity contribution in [3.05, 3.63) is 0 Å². The minimum atomic E-state index is -5.53. The van der Waals surface area contributed by atoms with E-state index in [0.717, 1.165) is 62.2 Å². The van der Waals surface area contributed by atoms with Gasteiger partial charge >= 0.3 is 35.7 Å². The number of hydrogen-bond donors (Lipinski definition) is 0. The monoisotopic (exact) mass is 1100 g/mol. The Morgan fingerprint density at radius 3 is 1.10 bits per heavy atom. The second-order valence-electron chi connectivity index (χ2n) is 23.7. The molecule has 17 unspecified atom stereocenters. The lowest BCUT2D eigenvalue weighted by Gasteiger charge is -2.45. The van der Waals surface area contributed by atoms with Gasteiger partial charge in [0, 0.05) is 41.7 Å². The van der Waals surface area contributed by atoms with E-state index in [1.807, 2.05) is 26.2 Å². The molecule has 434 valence electrons. The molecule has 8 bridgehead atoms. The average molecular weight is 1100 g/mol. The molecule has 0 spiro atoms. The minimum Gasteiger partial charge on any atom is -0.398 e. The third kappa shape index (κ3) is 14.1. The molecule has 73 heavy (non-hydrogen) atoms. The van der Waals surface area contributed by atoms with Gasteiger partial charge in [0.2, 0.25) is 0 Å². The van der Waals surface area contributed by atoms with Crippen LogP contribution in [-0.4, -0.2) is 101 Å². The zero-order valence-electron chi connectivity index (χ0n) is 42.5. The fraction of sp³-hybridized carbons (Fsp3) is 1.00. The highest BCUT2D eigenvalue weighted by molar-refractivity contribution is 6.64. The van der Waals surface area contributed by atoms with Crippen LogP contribution in [0.1, 0.15) is 152 Å². The van der Waals surface area contributed by atoms with Gasteiger partial charge in [-0.1, -0.05) is 29.7 Å². The van der Waals surface area contributed by atoms with Crippen LogP contribution in [0, 0.1) is 82.9 Å². The maximum Gasteiger partial charge on any atom is 0.426 e. The average Bonchev–Trinajstić information content (AvgIpc) is 4.17. The molecule has 0 aromatic carbocycles. The Balaban J connectivity index is 0.000000294. The van der Waals surface area contributed by atoms with Gasteiger partial charge < -0.3 is 36.7 Å². The molecular formula is C54H99F9O8Si2. The lowest BCUT2D eigenvalue weighted by atomic mass is 9.65.